The Bertz CT molecular complexity index is 1420. The van der Waals surface area contributed by atoms with Gasteiger partial charge in [-0.25, -0.2) is 8.42 Å². The predicted octanol–water partition coefficient (Wildman–Crippen LogP) is 7.47. The molecule has 0 bridgehead atoms. The van der Waals surface area contributed by atoms with E-state index in [1.165, 1.54) is 19.3 Å². The molecule has 1 aliphatic heterocycles. The van der Waals surface area contributed by atoms with Crippen LogP contribution in [0.5, 0.6) is 0 Å². The second kappa shape index (κ2) is 14.1. The summed E-state index contributed by atoms with van der Waals surface area (Å²) in [5.41, 5.74) is 5.84. The number of piperidine rings is 1. The maximum atomic E-state index is 14.2. The van der Waals surface area contributed by atoms with Crippen molar-refractivity contribution < 1.29 is 8.42 Å². The van der Waals surface area contributed by atoms with Gasteiger partial charge in [-0.3, -0.25) is 0 Å². The van der Waals surface area contributed by atoms with Crippen LogP contribution in [0.15, 0.2) is 120 Å². The summed E-state index contributed by atoms with van der Waals surface area (Å²) in [5.74, 6) is 0. The molecule has 1 heterocycles. The maximum absolute atomic E-state index is 14.2. The molecular weight excluding hydrogens is 512 g/mol. The van der Waals surface area contributed by atoms with Crippen LogP contribution in [-0.4, -0.2) is 35.6 Å². The van der Waals surface area contributed by atoms with Gasteiger partial charge in [-0.2, -0.15) is 0 Å². The van der Waals surface area contributed by atoms with Crippen LogP contribution in [-0.2, 0) is 9.84 Å². The lowest BCUT2D eigenvalue weighted by molar-refractivity contribution is 0.578. The van der Waals surface area contributed by atoms with Crippen LogP contribution in [0, 0.1) is 6.92 Å². The fourth-order valence-electron chi connectivity index (χ4n) is 5.01. The molecule has 4 aromatic carbocycles. The molecular formula is C35H40N2O2S. The molecule has 0 radical (unpaired) electrons. The summed E-state index contributed by atoms with van der Waals surface area (Å²) in [5, 5.41) is 1.92. The van der Waals surface area contributed by atoms with Gasteiger partial charge in [-0.15, -0.1) is 0 Å². The molecule has 5 rings (SSSR count). The molecule has 1 saturated heterocycles. The Morgan fingerprint density at radius 3 is 1.73 bits per heavy atom. The lowest BCUT2D eigenvalue weighted by Gasteiger charge is -2.29. The van der Waals surface area contributed by atoms with Crippen LogP contribution in [0.3, 0.4) is 0 Å². The van der Waals surface area contributed by atoms with Crippen molar-refractivity contribution in [1.29, 1.82) is 0 Å². The van der Waals surface area contributed by atoms with Gasteiger partial charge in [0.25, 0.3) is 0 Å². The van der Waals surface area contributed by atoms with Gasteiger partial charge >= 0.3 is 0 Å². The van der Waals surface area contributed by atoms with Crippen LogP contribution >= 0.6 is 0 Å². The van der Waals surface area contributed by atoms with Gasteiger partial charge in [0.05, 0.1) is 4.90 Å². The summed E-state index contributed by atoms with van der Waals surface area (Å²) < 4.78 is 28.3. The predicted molar refractivity (Wildman–Crippen MR) is 169 cm³/mol. The van der Waals surface area contributed by atoms with E-state index in [2.05, 4.69) is 22.3 Å². The summed E-state index contributed by atoms with van der Waals surface area (Å²) in [7, 11) is 0.0404. The minimum Gasteiger partial charge on any atom is -0.372 e. The molecule has 5 heteroatoms. The molecule has 4 nitrogen and oxygen atoms in total. The highest BCUT2D eigenvalue weighted by Crippen LogP contribution is 2.36. The lowest BCUT2D eigenvalue weighted by atomic mass is 9.95. The highest BCUT2D eigenvalue weighted by atomic mass is 32.2. The minimum absolute atomic E-state index is 0.333. The molecule has 40 heavy (non-hydrogen) atoms. The number of benzene rings is 4. The Balaban J connectivity index is 0.00000118. The zero-order valence-corrected chi connectivity index (χ0v) is 24.6. The Morgan fingerprint density at radius 1 is 0.725 bits per heavy atom. The number of nitrogens with zero attached hydrogens (tertiary/aromatic N) is 1. The first-order chi connectivity index (χ1) is 19.4. The third-order valence-corrected chi connectivity index (χ3v) is 9.12. The van der Waals surface area contributed by atoms with Crippen molar-refractivity contribution in [2.75, 3.05) is 32.1 Å². The molecule has 0 amide bonds. The second-order valence-corrected chi connectivity index (χ2v) is 12.3. The molecule has 1 N–H and O–H groups in total. The zero-order valence-electron chi connectivity index (χ0n) is 23.8. The van der Waals surface area contributed by atoms with E-state index >= 15 is 0 Å². The van der Waals surface area contributed by atoms with Crippen molar-refractivity contribution >= 4 is 21.1 Å². The van der Waals surface area contributed by atoms with Crippen molar-refractivity contribution in [3.05, 3.63) is 138 Å². The smallest absolute Gasteiger partial charge is 0.188 e. The van der Waals surface area contributed by atoms with Crippen molar-refractivity contribution in [3.8, 4) is 0 Å². The van der Waals surface area contributed by atoms with E-state index in [0.717, 1.165) is 46.6 Å². The van der Waals surface area contributed by atoms with E-state index in [-0.39, 0.29) is 0 Å². The Kier molecular flexibility index (Phi) is 10.3. The third-order valence-electron chi connectivity index (χ3n) is 7.11. The van der Waals surface area contributed by atoms with Gasteiger partial charge in [-0.05, 0) is 86.8 Å². The monoisotopic (exact) mass is 552 g/mol. The lowest BCUT2D eigenvalue weighted by Crippen LogP contribution is -2.29. The van der Waals surface area contributed by atoms with Crippen LogP contribution in [0.1, 0.15) is 46.8 Å². The largest absolute Gasteiger partial charge is 0.372 e. The Labute approximate surface area is 240 Å². The van der Waals surface area contributed by atoms with E-state index in [4.69, 9.17) is 0 Å². The summed E-state index contributed by atoms with van der Waals surface area (Å²) in [4.78, 5) is 2.73. The molecule has 0 saturated carbocycles. The van der Waals surface area contributed by atoms with Gasteiger partial charge in [0.1, 0.15) is 5.25 Å². The quantitative estimate of drug-likeness (QED) is 0.258. The average Bonchev–Trinajstić information content (AvgIpc) is 3.00. The number of sulfone groups is 1. The summed E-state index contributed by atoms with van der Waals surface area (Å²) >= 11 is 0. The maximum Gasteiger partial charge on any atom is 0.188 e. The number of hydrogen-bond acceptors (Lipinski definition) is 4. The average molecular weight is 553 g/mol. The molecule has 0 spiro atoms. The number of hydrogen-bond donors (Lipinski definition) is 1. The normalized spacial score (nSPS) is 14.0. The third kappa shape index (κ3) is 7.29. The van der Waals surface area contributed by atoms with Crippen LogP contribution in [0.25, 0.3) is 5.57 Å². The van der Waals surface area contributed by atoms with E-state index in [1.807, 2.05) is 112 Å². The molecule has 208 valence electrons. The second-order valence-electron chi connectivity index (χ2n) is 10.2. The van der Waals surface area contributed by atoms with E-state index < -0.39 is 15.1 Å². The fraction of sp³-hybridized carbons (Fsp3) is 0.257. The summed E-state index contributed by atoms with van der Waals surface area (Å²) in [6, 6.07) is 35.4. The summed E-state index contributed by atoms with van der Waals surface area (Å²) in [6.07, 6.45) is 5.60. The molecule has 0 aliphatic carbocycles. The number of anilines is 1. The van der Waals surface area contributed by atoms with Gasteiger partial charge in [0, 0.05) is 18.8 Å². The summed E-state index contributed by atoms with van der Waals surface area (Å²) in [6.45, 7) is 4.07. The van der Waals surface area contributed by atoms with E-state index in [0.29, 0.717) is 4.90 Å². The minimum atomic E-state index is -3.71. The highest BCUT2D eigenvalue weighted by Gasteiger charge is 2.29. The van der Waals surface area contributed by atoms with Crippen LogP contribution in [0.2, 0.25) is 0 Å². The van der Waals surface area contributed by atoms with E-state index in [1.54, 1.807) is 12.1 Å². The van der Waals surface area contributed by atoms with Crippen molar-refractivity contribution in [1.82, 2.24) is 5.32 Å². The van der Waals surface area contributed by atoms with Crippen molar-refractivity contribution in [2.45, 2.75) is 36.3 Å². The first kappa shape index (κ1) is 29.3. The molecule has 1 atom stereocenters. The number of rotatable bonds is 7. The van der Waals surface area contributed by atoms with Gasteiger partial charge in [-0.1, -0.05) is 96.6 Å². The van der Waals surface area contributed by atoms with Crippen molar-refractivity contribution in [2.24, 2.45) is 0 Å². The fourth-order valence-corrected chi connectivity index (χ4v) is 6.65. The topological polar surface area (TPSA) is 49.4 Å². The first-order valence-electron chi connectivity index (χ1n) is 14.0. The molecule has 1 aliphatic rings. The highest BCUT2D eigenvalue weighted by molar-refractivity contribution is 7.91. The first-order valence-corrected chi connectivity index (χ1v) is 15.6. The Hall–Kier alpha value is -3.67. The molecule has 1 unspecified atom stereocenters. The van der Waals surface area contributed by atoms with Gasteiger partial charge in [0.2, 0.25) is 0 Å². The molecule has 0 aromatic heterocycles. The number of aryl methyl sites for hydroxylation is 1. The SMILES string of the molecule is CNC.Cc1ccc(S(=O)(=O)C(C=C(c2ccccc2)c2ccccc2)c2ccc(N3CCCCC3)cc2)cc1. The van der Waals surface area contributed by atoms with Gasteiger partial charge < -0.3 is 10.2 Å². The standard InChI is InChI=1S/C33H33NO2S.C2H7N/c1-26-15-21-31(22-16-26)37(35,36)33(29-17-19-30(20-18-29)34-23-9-4-10-24-34)25-32(27-11-5-2-6-12-27)28-13-7-3-8-14-28;1-3-2/h2-3,5-8,11-22,25,33H,4,9-10,23-24H2,1H3;3H,1-2H3. The Morgan fingerprint density at radius 2 is 1.23 bits per heavy atom. The van der Waals surface area contributed by atoms with Gasteiger partial charge in [0.15, 0.2) is 9.84 Å². The van der Waals surface area contributed by atoms with Crippen LogP contribution in [0.4, 0.5) is 5.69 Å². The van der Waals surface area contributed by atoms with Crippen LogP contribution < -0.4 is 10.2 Å². The molecule has 4 aromatic rings. The zero-order chi connectivity index (χ0) is 28.4. The van der Waals surface area contributed by atoms with Crippen molar-refractivity contribution in [3.63, 3.8) is 0 Å². The number of nitrogens with one attached hydrogen (secondary N) is 1. The van der Waals surface area contributed by atoms with E-state index in [9.17, 15) is 8.42 Å². The molecule has 1 fully saturated rings.